The average molecular weight is 509 g/mol. The minimum Gasteiger partial charge on any atom is -0.324 e. The molecule has 6 heteroatoms. The number of anilines is 1. The van der Waals surface area contributed by atoms with E-state index in [1.165, 1.54) is 0 Å². The van der Waals surface area contributed by atoms with Gasteiger partial charge in [-0.1, -0.05) is 76.1 Å². The number of hydrogen-bond donors (Lipinski definition) is 1. The van der Waals surface area contributed by atoms with Crippen molar-refractivity contribution in [1.29, 1.82) is 0 Å². The van der Waals surface area contributed by atoms with Crippen LogP contribution in [0.3, 0.4) is 0 Å². The van der Waals surface area contributed by atoms with E-state index in [9.17, 15) is 4.79 Å². The monoisotopic (exact) mass is 507 g/mol. The molecular weight excluding hydrogens is 486 g/mol. The number of nitrogens with zero attached hydrogens (tertiary/aromatic N) is 2. The van der Waals surface area contributed by atoms with Crippen LogP contribution in [0.5, 0.6) is 0 Å². The van der Waals surface area contributed by atoms with E-state index in [2.05, 4.69) is 40.0 Å². The van der Waals surface area contributed by atoms with Crippen LogP contribution < -0.4 is 5.32 Å². The van der Waals surface area contributed by atoms with Gasteiger partial charge in [0.15, 0.2) is 0 Å². The van der Waals surface area contributed by atoms with Crippen LogP contribution in [0.1, 0.15) is 17.5 Å². The molecule has 4 rings (SSSR count). The summed E-state index contributed by atoms with van der Waals surface area (Å²) in [5, 5.41) is 10.4. The average Bonchev–Trinajstić information content (AvgIpc) is 3.15. The molecule has 3 aromatic rings. The molecule has 0 radical (unpaired) electrons. The molecule has 0 aromatic heterocycles. The van der Waals surface area contributed by atoms with Crippen molar-refractivity contribution >= 4 is 44.8 Å². The molecule has 0 saturated carbocycles. The second kappa shape index (κ2) is 9.72. The molecule has 1 atom stereocenters. The molecule has 1 N–H and O–H groups in total. The normalized spacial score (nSPS) is 17.7. The summed E-state index contributed by atoms with van der Waals surface area (Å²) in [6, 6.07) is 25.5. The van der Waals surface area contributed by atoms with E-state index in [1.807, 2.05) is 77.8 Å². The van der Waals surface area contributed by atoms with Crippen molar-refractivity contribution in [3.05, 3.63) is 112 Å². The van der Waals surface area contributed by atoms with Gasteiger partial charge < -0.3 is 5.32 Å². The first kappa shape index (κ1) is 22.3. The molecule has 3 aromatic carbocycles. The van der Waals surface area contributed by atoms with E-state index in [1.54, 1.807) is 0 Å². The van der Waals surface area contributed by atoms with Crippen LogP contribution in [-0.2, 0) is 10.2 Å². The molecule has 0 fully saturated rings. The minimum atomic E-state index is -0.408. The highest BCUT2D eigenvalue weighted by atomic mass is 79.9. The third-order valence-corrected chi connectivity index (χ3v) is 6.32. The molecular formula is C26H23BrClN3O. The first-order valence-electron chi connectivity index (χ1n) is 10.3. The SMILES string of the molecule is C=CCC1(c2ccccc2)CN(CC(=O)Nc2ccc(Br)cc2)N=C1c1ccc(Cl)cc1. The maximum Gasteiger partial charge on any atom is 0.245 e. The fourth-order valence-electron chi connectivity index (χ4n) is 4.10. The Morgan fingerprint density at radius 3 is 2.44 bits per heavy atom. The molecule has 4 nitrogen and oxygen atoms in total. The number of benzene rings is 3. The number of allylic oxidation sites excluding steroid dienone is 1. The number of amides is 1. The lowest BCUT2D eigenvalue weighted by Gasteiger charge is -2.31. The Kier molecular flexibility index (Phi) is 6.77. The van der Waals surface area contributed by atoms with Crippen LogP contribution in [0.25, 0.3) is 0 Å². The summed E-state index contributed by atoms with van der Waals surface area (Å²) in [7, 11) is 0. The van der Waals surface area contributed by atoms with Gasteiger partial charge in [-0.3, -0.25) is 9.80 Å². The molecule has 0 spiro atoms. The molecule has 1 unspecified atom stereocenters. The molecule has 1 amide bonds. The number of rotatable bonds is 7. The lowest BCUT2D eigenvalue weighted by molar-refractivity contribution is -0.117. The van der Waals surface area contributed by atoms with Crippen molar-refractivity contribution < 1.29 is 4.79 Å². The third kappa shape index (κ3) is 4.79. The smallest absolute Gasteiger partial charge is 0.245 e. The van der Waals surface area contributed by atoms with Gasteiger partial charge in [0.2, 0.25) is 5.91 Å². The van der Waals surface area contributed by atoms with Gasteiger partial charge in [0.1, 0.15) is 6.54 Å². The van der Waals surface area contributed by atoms with E-state index in [0.29, 0.717) is 18.0 Å². The highest BCUT2D eigenvalue weighted by molar-refractivity contribution is 9.10. The zero-order valence-corrected chi connectivity index (χ0v) is 19.8. The summed E-state index contributed by atoms with van der Waals surface area (Å²) < 4.78 is 0.962. The topological polar surface area (TPSA) is 44.7 Å². The van der Waals surface area contributed by atoms with Crippen LogP contribution in [0.2, 0.25) is 5.02 Å². The molecule has 0 saturated heterocycles. The molecule has 1 aliphatic heterocycles. The molecule has 162 valence electrons. The Labute approximate surface area is 201 Å². The second-order valence-electron chi connectivity index (χ2n) is 7.77. The fraction of sp³-hybridized carbons (Fsp3) is 0.154. The van der Waals surface area contributed by atoms with Crippen LogP contribution in [0.15, 0.2) is 101 Å². The highest BCUT2D eigenvalue weighted by Crippen LogP contribution is 2.38. The van der Waals surface area contributed by atoms with Crippen molar-refractivity contribution in [3.63, 3.8) is 0 Å². The summed E-state index contributed by atoms with van der Waals surface area (Å²) in [6.45, 7) is 4.74. The predicted octanol–water partition coefficient (Wildman–Crippen LogP) is 6.28. The second-order valence-corrected chi connectivity index (χ2v) is 9.13. The molecule has 1 aliphatic rings. The van der Waals surface area contributed by atoms with Gasteiger partial charge >= 0.3 is 0 Å². The zero-order valence-electron chi connectivity index (χ0n) is 17.5. The Morgan fingerprint density at radius 2 is 1.78 bits per heavy atom. The Balaban J connectivity index is 1.65. The number of nitrogens with one attached hydrogen (secondary N) is 1. The Bertz CT molecular complexity index is 1130. The van der Waals surface area contributed by atoms with Crippen molar-refractivity contribution in [3.8, 4) is 0 Å². The first-order chi connectivity index (χ1) is 15.5. The van der Waals surface area contributed by atoms with Crippen LogP contribution in [0.4, 0.5) is 5.69 Å². The molecule has 32 heavy (non-hydrogen) atoms. The number of hydrogen-bond acceptors (Lipinski definition) is 3. The van der Waals surface area contributed by atoms with Gasteiger partial charge in [0.25, 0.3) is 0 Å². The van der Waals surface area contributed by atoms with Gasteiger partial charge in [-0.25, -0.2) is 0 Å². The van der Waals surface area contributed by atoms with Crippen molar-refractivity contribution in [1.82, 2.24) is 5.01 Å². The fourth-order valence-corrected chi connectivity index (χ4v) is 4.49. The number of carbonyl (C=O) groups excluding carboxylic acids is 1. The minimum absolute atomic E-state index is 0.117. The summed E-state index contributed by atoms with van der Waals surface area (Å²) in [6.07, 6.45) is 2.62. The van der Waals surface area contributed by atoms with E-state index in [0.717, 1.165) is 27.0 Å². The van der Waals surface area contributed by atoms with E-state index >= 15 is 0 Å². The largest absolute Gasteiger partial charge is 0.324 e. The van der Waals surface area contributed by atoms with Crippen LogP contribution >= 0.6 is 27.5 Å². The van der Waals surface area contributed by atoms with Gasteiger partial charge in [-0.15, -0.1) is 6.58 Å². The maximum atomic E-state index is 12.8. The van der Waals surface area contributed by atoms with Gasteiger partial charge in [-0.05, 0) is 53.9 Å². The van der Waals surface area contributed by atoms with E-state index < -0.39 is 5.41 Å². The number of halogens is 2. The molecule has 0 bridgehead atoms. The van der Waals surface area contributed by atoms with E-state index in [-0.39, 0.29) is 12.5 Å². The lowest BCUT2D eigenvalue weighted by Crippen LogP contribution is -2.40. The van der Waals surface area contributed by atoms with Crippen molar-refractivity contribution in [2.45, 2.75) is 11.8 Å². The summed E-state index contributed by atoms with van der Waals surface area (Å²) in [4.78, 5) is 12.8. The van der Waals surface area contributed by atoms with Crippen LogP contribution in [0, 0.1) is 0 Å². The zero-order chi connectivity index (χ0) is 22.6. The van der Waals surface area contributed by atoms with E-state index in [4.69, 9.17) is 16.7 Å². The summed E-state index contributed by atoms with van der Waals surface area (Å²) in [5.74, 6) is -0.117. The first-order valence-corrected chi connectivity index (χ1v) is 11.5. The number of carbonyl (C=O) groups is 1. The summed E-state index contributed by atoms with van der Waals surface area (Å²) >= 11 is 9.54. The van der Waals surface area contributed by atoms with Crippen LogP contribution in [-0.4, -0.2) is 29.7 Å². The maximum absolute atomic E-state index is 12.8. The molecule has 0 aliphatic carbocycles. The Morgan fingerprint density at radius 1 is 1.09 bits per heavy atom. The summed E-state index contributed by atoms with van der Waals surface area (Å²) in [5.41, 5.74) is 3.38. The quantitative estimate of drug-likeness (QED) is 0.382. The standard InChI is InChI=1S/C26H23BrClN3O/c1-2-16-26(20-6-4-3-5-7-20)18-31(30-25(26)19-8-12-22(28)13-9-19)17-24(32)29-23-14-10-21(27)11-15-23/h2-15H,1,16-18H2,(H,29,32). The van der Waals surface area contributed by atoms with Crippen molar-refractivity contribution in [2.24, 2.45) is 5.10 Å². The van der Waals surface area contributed by atoms with Gasteiger partial charge in [0, 0.05) is 15.2 Å². The highest BCUT2D eigenvalue weighted by Gasteiger charge is 2.44. The third-order valence-electron chi connectivity index (χ3n) is 5.54. The predicted molar refractivity (Wildman–Crippen MR) is 135 cm³/mol. The van der Waals surface area contributed by atoms with Gasteiger partial charge in [0.05, 0.1) is 17.7 Å². The van der Waals surface area contributed by atoms with Crippen molar-refractivity contribution in [2.75, 3.05) is 18.4 Å². The number of hydrazone groups is 1. The molecule has 1 heterocycles. The van der Waals surface area contributed by atoms with Gasteiger partial charge in [-0.2, -0.15) is 5.10 Å². The Hall–Kier alpha value is -2.89. The lowest BCUT2D eigenvalue weighted by atomic mass is 9.72.